The minimum absolute atomic E-state index is 0.0162. The second-order valence-electron chi connectivity index (χ2n) is 7.21. The van der Waals surface area contributed by atoms with Crippen molar-refractivity contribution in [2.24, 2.45) is 0 Å². The molecular weight excluding hydrogens is 436 g/mol. The number of nitrogens with zero attached hydrogens (tertiary/aromatic N) is 1. The Morgan fingerprint density at radius 1 is 1.09 bits per heavy atom. The number of amides is 1. The Bertz CT molecular complexity index is 1220. The SMILES string of the molecule is COc1cc(OC)c([C@H]2CC(=O)Nc3c(C(=O)O)cn(-c4cccc(Cl)c4)c32)cc1OC. The standard InChI is InChI=1S/C23H21ClN2O6/c1-30-17-10-19(32-3)18(31-2)8-14(17)15-9-20(27)25-21-16(23(28)29)11-26(22(15)21)13-6-4-5-12(24)7-13/h4-8,10-11,15H,9H2,1-3H3,(H,25,27)(H,28,29)/t15-/m1/s1. The summed E-state index contributed by atoms with van der Waals surface area (Å²) in [6.07, 6.45) is 1.58. The number of anilines is 1. The number of nitrogens with one attached hydrogen (secondary N) is 1. The molecule has 2 heterocycles. The third kappa shape index (κ3) is 3.62. The lowest BCUT2D eigenvalue weighted by atomic mass is 9.87. The summed E-state index contributed by atoms with van der Waals surface area (Å²) in [5.41, 5.74) is 2.17. The molecule has 0 saturated carbocycles. The summed E-state index contributed by atoms with van der Waals surface area (Å²) in [7, 11) is 4.56. The first-order chi connectivity index (χ1) is 15.4. The molecule has 8 nitrogen and oxygen atoms in total. The van der Waals surface area contributed by atoms with Crippen LogP contribution in [0.4, 0.5) is 5.69 Å². The van der Waals surface area contributed by atoms with Crippen LogP contribution in [0.3, 0.4) is 0 Å². The van der Waals surface area contributed by atoms with Gasteiger partial charge in [0.25, 0.3) is 0 Å². The maximum atomic E-state index is 12.6. The van der Waals surface area contributed by atoms with Crippen LogP contribution in [0.1, 0.15) is 34.0 Å². The fourth-order valence-electron chi connectivity index (χ4n) is 4.05. The van der Waals surface area contributed by atoms with E-state index in [0.29, 0.717) is 39.2 Å². The number of hydrogen-bond donors (Lipinski definition) is 2. The van der Waals surface area contributed by atoms with Crippen LogP contribution in [0.2, 0.25) is 5.02 Å². The molecule has 2 aromatic carbocycles. The number of hydrogen-bond acceptors (Lipinski definition) is 5. The average Bonchev–Trinajstić information content (AvgIpc) is 3.17. The number of carboxylic acid groups (broad SMARTS) is 1. The van der Waals surface area contributed by atoms with E-state index in [0.717, 1.165) is 0 Å². The van der Waals surface area contributed by atoms with Gasteiger partial charge in [0, 0.05) is 40.9 Å². The summed E-state index contributed by atoms with van der Waals surface area (Å²) >= 11 is 6.19. The zero-order chi connectivity index (χ0) is 23.0. The van der Waals surface area contributed by atoms with Crippen LogP contribution >= 0.6 is 11.6 Å². The summed E-state index contributed by atoms with van der Waals surface area (Å²) in [5, 5.41) is 13.0. The molecule has 166 valence electrons. The van der Waals surface area contributed by atoms with Gasteiger partial charge < -0.3 is 29.2 Å². The van der Waals surface area contributed by atoms with Crippen LogP contribution in [0.25, 0.3) is 5.69 Å². The Balaban J connectivity index is 2.01. The van der Waals surface area contributed by atoms with Crippen LogP contribution < -0.4 is 19.5 Å². The first-order valence-electron chi connectivity index (χ1n) is 9.72. The number of rotatable bonds is 6. The van der Waals surface area contributed by atoms with Crippen molar-refractivity contribution in [1.29, 1.82) is 0 Å². The van der Waals surface area contributed by atoms with Crippen molar-refractivity contribution >= 4 is 29.2 Å². The van der Waals surface area contributed by atoms with E-state index in [-0.39, 0.29) is 23.6 Å². The summed E-state index contributed by atoms with van der Waals surface area (Å²) in [6, 6.07) is 10.5. The lowest BCUT2D eigenvalue weighted by Gasteiger charge is -2.28. The predicted octanol–water partition coefficient (Wildman–Crippen LogP) is 4.33. The molecule has 3 aromatic rings. The molecule has 32 heavy (non-hydrogen) atoms. The minimum Gasteiger partial charge on any atom is -0.496 e. The Morgan fingerprint density at radius 3 is 2.41 bits per heavy atom. The van der Waals surface area contributed by atoms with Gasteiger partial charge in [-0.25, -0.2) is 4.79 Å². The molecule has 0 aliphatic carbocycles. The van der Waals surface area contributed by atoms with Crippen molar-refractivity contribution in [3.8, 4) is 22.9 Å². The molecule has 0 radical (unpaired) electrons. The van der Waals surface area contributed by atoms with Crippen LogP contribution in [0, 0.1) is 0 Å². The number of methoxy groups -OCH3 is 3. The number of aromatic nitrogens is 1. The highest BCUT2D eigenvalue weighted by atomic mass is 35.5. The van der Waals surface area contributed by atoms with E-state index in [1.54, 1.807) is 34.9 Å². The van der Waals surface area contributed by atoms with Gasteiger partial charge in [0.1, 0.15) is 11.3 Å². The third-order valence-electron chi connectivity index (χ3n) is 5.46. The van der Waals surface area contributed by atoms with Crippen LogP contribution in [0.5, 0.6) is 17.2 Å². The Labute approximate surface area is 189 Å². The Kier molecular flexibility index (Phi) is 5.71. The average molecular weight is 457 g/mol. The van der Waals surface area contributed by atoms with Crippen LogP contribution in [-0.2, 0) is 4.79 Å². The number of carboxylic acids is 1. The van der Waals surface area contributed by atoms with E-state index < -0.39 is 11.9 Å². The first-order valence-corrected chi connectivity index (χ1v) is 10.1. The highest BCUT2D eigenvalue weighted by Gasteiger charge is 2.36. The molecule has 1 amide bonds. The fourth-order valence-corrected chi connectivity index (χ4v) is 4.24. The smallest absolute Gasteiger partial charge is 0.339 e. The molecule has 1 aromatic heterocycles. The highest BCUT2D eigenvalue weighted by Crippen LogP contribution is 2.47. The summed E-state index contributed by atoms with van der Waals surface area (Å²) in [6.45, 7) is 0. The van der Waals surface area contributed by atoms with Gasteiger partial charge in [-0.1, -0.05) is 17.7 Å². The van der Waals surface area contributed by atoms with E-state index in [1.807, 2.05) is 6.07 Å². The van der Waals surface area contributed by atoms with E-state index in [4.69, 9.17) is 25.8 Å². The van der Waals surface area contributed by atoms with Crippen molar-refractivity contribution in [3.05, 3.63) is 64.4 Å². The molecule has 2 N–H and O–H groups in total. The molecule has 0 saturated heterocycles. The van der Waals surface area contributed by atoms with Gasteiger partial charge in [0.2, 0.25) is 5.91 Å². The quantitative estimate of drug-likeness (QED) is 0.572. The molecule has 0 spiro atoms. The second kappa shape index (κ2) is 8.47. The van der Waals surface area contributed by atoms with Crippen LogP contribution in [0.15, 0.2) is 42.6 Å². The molecule has 9 heteroatoms. The van der Waals surface area contributed by atoms with Crippen molar-refractivity contribution < 1.29 is 28.9 Å². The van der Waals surface area contributed by atoms with Gasteiger partial charge in [-0.15, -0.1) is 0 Å². The van der Waals surface area contributed by atoms with Crippen molar-refractivity contribution in [3.63, 3.8) is 0 Å². The maximum absolute atomic E-state index is 12.6. The zero-order valence-electron chi connectivity index (χ0n) is 17.6. The topological polar surface area (TPSA) is 99.0 Å². The van der Waals surface area contributed by atoms with Gasteiger partial charge in [-0.05, 0) is 24.3 Å². The van der Waals surface area contributed by atoms with Crippen molar-refractivity contribution in [2.45, 2.75) is 12.3 Å². The zero-order valence-corrected chi connectivity index (χ0v) is 18.4. The van der Waals surface area contributed by atoms with E-state index >= 15 is 0 Å². The molecular formula is C23H21ClN2O6. The molecule has 0 bridgehead atoms. The molecule has 1 aliphatic rings. The molecule has 0 unspecified atom stereocenters. The van der Waals surface area contributed by atoms with E-state index in [2.05, 4.69) is 5.32 Å². The van der Waals surface area contributed by atoms with E-state index in [9.17, 15) is 14.7 Å². The highest BCUT2D eigenvalue weighted by molar-refractivity contribution is 6.30. The van der Waals surface area contributed by atoms with Gasteiger partial charge >= 0.3 is 5.97 Å². The number of ether oxygens (including phenoxy) is 3. The maximum Gasteiger partial charge on any atom is 0.339 e. The lowest BCUT2D eigenvalue weighted by Crippen LogP contribution is -2.26. The van der Waals surface area contributed by atoms with Crippen molar-refractivity contribution in [2.75, 3.05) is 26.6 Å². The molecule has 1 aliphatic heterocycles. The number of aromatic carboxylic acids is 1. The molecule has 1 atom stereocenters. The van der Waals surface area contributed by atoms with Gasteiger partial charge in [-0.3, -0.25) is 4.79 Å². The predicted molar refractivity (Wildman–Crippen MR) is 119 cm³/mol. The van der Waals surface area contributed by atoms with Gasteiger partial charge in [-0.2, -0.15) is 0 Å². The number of fused-ring (bicyclic) bond motifs is 1. The second-order valence-corrected chi connectivity index (χ2v) is 7.65. The Morgan fingerprint density at radius 2 is 1.78 bits per heavy atom. The van der Waals surface area contributed by atoms with E-state index in [1.165, 1.54) is 27.5 Å². The summed E-state index contributed by atoms with van der Waals surface area (Å²) in [5.74, 6) is -0.530. The third-order valence-corrected chi connectivity index (χ3v) is 5.69. The van der Waals surface area contributed by atoms with Crippen molar-refractivity contribution in [1.82, 2.24) is 4.57 Å². The lowest BCUT2D eigenvalue weighted by molar-refractivity contribution is -0.116. The summed E-state index contributed by atoms with van der Waals surface area (Å²) in [4.78, 5) is 24.6. The molecule has 4 rings (SSSR count). The number of carbonyl (C=O) groups excluding carboxylic acids is 1. The summed E-state index contributed by atoms with van der Waals surface area (Å²) < 4.78 is 18.2. The van der Waals surface area contributed by atoms with Gasteiger partial charge in [0.05, 0.1) is 32.7 Å². The number of benzene rings is 2. The largest absolute Gasteiger partial charge is 0.496 e. The normalized spacial score (nSPS) is 15.0. The minimum atomic E-state index is -1.15. The molecule has 0 fully saturated rings. The van der Waals surface area contributed by atoms with Gasteiger partial charge in [0.15, 0.2) is 11.5 Å². The monoisotopic (exact) mass is 456 g/mol. The van der Waals surface area contributed by atoms with Crippen LogP contribution in [-0.4, -0.2) is 42.9 Å². The first kappa shape index (κ1) is 21.6. The Hall–Kier alpha value is -3.65. The number of carbonyl (C=O) groups is 2. The fraction of sp³-hybridized carbons (Fsp3) is 0.217. The number of halogens is 1.